The first-order chi connectivity index (χ1) is 42.0. The number of aryl methyl sites for hydroxylation is 1. The van der Waals surface area contributed by atoms with E-state index in [1.807, 2.05) is 6.20 Å². The van der Waals surface area contributed by atoms with E-state index in [4.69, 9.17) is 9.97 Å². The molecule has 5 nitrogen and oxygen atoms in total. The molecular weight excluding hydrogens is 1260 g/mol. The van der Waals surface area contributed by atoms with E-state index in [9.17, 15) is 5.11 Å². The van der Waals surface area contributed by atoms with E-state index >= 15 is 0 Å². The number of pyridine rings is 1. The van der Waals surface area contributed by atoms with Crippen molar-refractivity contribution in [1.29, 1.82) is 0 Å². The molecule has 0 saturated heterocycles. The van der Waals surface area contributed by atoms with E-state index in [1.165, 1.54) is 21.9 Å². The van der Waals surface area contributed by atoms with Crippen LogP contribution in [0.4, 0.5) is 0 Å². The molecule has 0 amide bonds. The van der Waals surface area contributed by atoms with Crippen LogP contribution in [-0.2, 0) is 49.8 Å². The van der Waals surface area contributed by atoms with Crippen LogP contribution in [0.3, 0.4) is 0 Å². The summed E-state index contributed by atoms with van der Waals surface area (Å²) in [5.41, 5.74) is 24.0. The third-order valence-corrected chi connectivity index (χ3v) is 17.8. The Morgan fingerprint density at radius 1 is 0.393 bits per heavy atom. The average molecular weight is 1340 g/mol. The number of fused-ring (bicyclic) bond motifs is 4. The topological polar surface area (TPSA) is 55.9 Å². The fourth-order valence-electron chi connectivity index (χ4n) is 12.8. The smallest absolute Gasteiger partial charge is 0.143 e. The maximum Gasteiger partial charge on any atom is 0.143 e. The minimum Gasteiger partial charge on any atom is -0.507 e. The van der Waals surface area contributed by atoms with Crippen LogP contribution in [0.2, 0.25) is 0 Å². The second-order valence-corrected chi connectivity index (χ2v) is 28.1. The summed E-state index contributed by atoms with van der Waals surface area (Å²) in [5, 5.41) is 15.0. The van der Waals surface area contributed by atoms with E-state index in [2.05, 4.69) is 324 Å². The SMILES string of the molecule is Cn1c(-c2cc(C(C)(C)C)cc(C(C)(C)C)c2O)nc2c(-c3[c-]c(-c4cc(-c5cccc6c7ccccc7n(-c7ccccc7)c56)ccn4)cc(-c4ccc(C(C)(C)C)cc4-c4ccccc4)c3)cc(-c3cc(C(C)(C)C)ccc3-c3ccccc3)cc21.[Pt]. The molecule has 0 atom stereocenters. The Kier molecular flexibility index (Phi) is 15.6. The van der Waals surface area contributed by atoms with Crippen molar-refractivity contribution in [2.75, 3.05) is 0 Å². The van der Waals surface area contributed by atoms with Gasteiger partial charge in [-0.25, -0.2) is 4.98 Å². The van der Waals surface area contributed by atoms with E-state index in [-0.39, 0.29) is 48.5 Å². The number of phenols is 1. The molecule has 3 aromatic heterocycles. The summed E-state index contributed by atoms with van der Waals surface area (Å²) >= 11 is 0. The Hall–Kier alpha value is -8.89. The molecule has 0 aliphatic rings. The number of rotatable bonds is 9. The van der Waals surface area contributed by atoms with Gasteiger partial charge in [0.2, 0.25) is 0 Å². The first kappa shape index (κ1) is 60.4. The monoisotopic (exact) mass is 1340 g/mol. The molecule has 13 rings (SSSR count). The Bertz CT molecular complexity index is 4830. The Balaban J connectivity index is 0.00000769. The number of imidazole rings is 1. The quantitative estimate of drug-likeness (QED) is 0.147. The second kappa shape index (κ2) is 22.9. The summed E-state index contributed by atoms with van der Waals surface area (Å²) in [6, 6.07) is 83.6. The summed E-state index contributed by atoms with van der Waals surface area (Å²) in [6.07, 6.45) is 1.95. The van der Waals surface area contributed by atoms with Crippen LogP contribution >= 0.6 is 0 Å². The zero-order chi connectivity index (χ0) is 61.6. The zero-order valence-electron chi connectivity index (χ0n) is 53.4. The molecule has 1 N–H and O–H groups in total. The van der Waals surface area contributed by atoms with Crippen molar-refractivity contribution in [3.8, 4) is 101 Å². The van der Waals surface area contributed by atoms with Crippen molar-refractivity contribution in [1.82, 2.24) is 19.1 Å². The van der Waals surface area contributed by atoms with Crippen LogP contribution in [0.1, 0.15) is 105 Å². The minimum atomic E-state index is -0.345. The predicted molar refractivity (Wildman–Crippen MR) is 372 cm³/mol. The third-order valence-electron chi connectivity index (χ3n) is 17.8. The molecule has 0 spiro atoms. The summed E-state index contributed by atoms with van der Waals surface area (Å²) in [4.78, 5) is 11.0. The molecule has 446 valence electrons. The van der Waals surface area contributed by atoms with Gasteiger partial charge in [0.15, 0.2) is 0 Å². The molecule has 13 aromatic rings. The molecule has 0 fully saturated rings. The average Bonchev–Trinajstić information content (AvgIpc) is 1.69. The van der Waals surface area contributed by atoms with Crippen molar-refractivity contribution in [2.45, 2.75) is 105 Å². The Morgan fingerprint density at radius 2 is 0.933 bits per heavy atom. The van der Waals surface area contributed by atoms with Gasteiger partial charge in [-0.1, -0.05) is 270 Å². The minimum absolute atomic E-state index is 0. The summed E-state index contributed by atoms with van der Waals surface area (Å²) in [5.74, 6) is 0.935. The summed E-state index contributed by atoms with van der Waals surface area (Å²) < 4.78 is 4.59. The number of aromatic hydroxyl groups is 1. The number of aromatic nitrogens is 4. The fraction of sp³-hybridized carbons (Fsp3) is 0.205. The molecule has 0 saturated carbocycles. The molecule has 0 unspecified atom stereocenters. The molecule has 89 heavy (non-hydrogen) atoms. The van der Waals surface area contributed by atoms with Gasteiger partial charge in [-0.3, -0.25) is 4.98 Å². The number of hydrogen-bond donors (Lipinski definition) is 1. The number of para-hydroxylation sites is 3. The van der Waals surface area contributed by atoms with Gasteiger partial charge in [0, 0.05) is 67.6 Å². The molecule has 0 aliphatic carbocycles. The van der Waals surface area contributed by atoms with Crippen LogP contribution in [0.15, 0.2) is 225 Å². The first-order valence-corrected chi connectivity index (χ1v) is 30.9. The fourth-order valence-corrected chi connectivity index (χ4v) is 12.8. The molecule has 0 radical (unpaired) electrons. The Morgan fingerprint density at radius 3 is 1.56 bits per heavy atom. The number of nitrogens with zero attached hydrogens (tertiary/aromatic N) is 4. The number of benzene rings is 10. The van der Waals surface area contributed by atoms with Crippen molar-refractivity contribution < 1.29 is 26.2 Å². The number of phenolic OH excluding ortho intramolecular Hbond substituents is 1. The predicted octanol–water partition coefficient (Wildman–Crippen LogP) is 22.1. The van der Waals surface area contributed by atoms with Gasteiger partial charge in [-0.2, -0.15) is 0 Å². The maximum atomic E-state index is 12.6. The Labute approximate surface area is 540 Å². The van der Waals surface area contributed by atoms with Gasteiger partial charge in [0.1, 0.15) is 11.6 Å². The van der Waals surface area contributed by atoms with E-state index < -0.39 is 0 Å². The van der Waals surface area contributed by atoms with E-state index in [0.717, 1.165) is 117 Å². The van der Waals surface area contributed by atoms with Gasteiger partial charge < -0.3 is 14.2 Å². The van der Waals surface area contributed by atoms with Crippen molar-refractivity contribution in [3.05, 3.63) is 253 Å². The van der Waals surface area contributed by atoms with Gasteiger partial charge in [0.05, 0.1) is 27.6 Å². The van der Waals surface area contributed by atoms with E-state index in [1.54, 1.807) is 0 Å². The van der Waals surface area contributed by atoms with Gasteiger partial charge in [-0.05, 0) is 119 Å². The van der Waals surface area contributed by atoms with Gasteiger partial charge in [0.25, 0.3) is 0 Å². The molecule has 0 aliphatic heterocycles. The summed E-state index contributed by atoms with van der Waals surface area (Å²) in [7, 11) is 2.10. The molecule has 3 heterocycles. The largest absolute Gasteiger partial charge is 0.507 e. The third kappa shape index (κ3) is 11.3. The van der Waals surface area contributed by atoms with Crippen molar-refractivity contribution >= 4 is 32.8 Å². The van der Waals surface area contributed by atoms with Crippen LogP contribution in [0.25, 0.3) is 128 Å². The maximum absolute atomic E-state index is 12.6. The molecular formula is C83H77N4OPt-. The second-order valence-electron chi connectivity index (χ2n) is 28.1. The van der Waals surface area contributed by atoms with E-state index in [0.29, 0.717) is 11.4 Å². The molecule has 0 bridgehead atoms. The van der Waals surface area contributed by atoms with Gasteiger partial charge >= 0.3 is 0 Å². The zero-order valence-corrected chi connectivity index (χ0v) is 55.7. The van der Waals surface area contributed by atoms with Crippen LogP contribution < -0.4 is 0 Å². The normalized spacial score (nSPS) is 12.3. The van der Waals surface area contributed by atoms with Gasteiger partial charge in [-0.15, -0.1) is 23.8 Å². The molecule has 6 heteroatoms. The summed E-state index contributed by atoms with van der Waals surface area (Å²) in [6.45, 7) is 26.9. The molecule has 10 aromatic carbocycles. The van der Waals surface area contributed by atoms with Crippen LogP contribution in [0.5, 0.6) is 5.75 Å². The van der Waals surface area contributed by atoms with Crippen LogP contribution in [-0.4, -0.2) is 24.2 Å². The first-order valence-electron chi connectivity index (χ1n) is 30.9. The van der Waals surface area contributed by atoms with Crippen molar-refractivity contribution in [2.24, 2.45) is 7.05 Å². The van der Waals surface area contributed by atoms with Crippen molar-refractivity contribution in [3.63, 3.8) is 0 Å². The van der Waals surface area contributed by atoms with Crippen LogP contribution in [0, 0.1) is 6.07 Å². The number of hydrogen-bond acceptors (Lipinski definition) is 3. The standard InChI is InChI=1S/C83H77N4O.Pt/c1-80(2,3)59-37-39-64(68(48-59)53-28-19-15-20-29-53)55-42-56(44-58(43-55)73-46-54(40-41-84-73)65-33-25-34-67-66-32-23-24-35-74(66)87(77(65)67)62-30-21-16-22-31-62)70-45-57(69-49-60(81(4,5)6)36-38-63(69)52-26-17-14-18-27-52)47-75-76(70)85-79(86(75)13)71-50-61(82(7,8)9)51-72(78(71)88)83(10,11)12;/h14-43,45-51,88H,1-13H3;/q-1;.